The topological polar surface area (TPSA) is 117 Å². The van der Waals surface area contributed by atoms with E-state index in [9.17, 15) is 9.59 Å². The van der Waals surface area contributed by atoms with E-state index in [1.165, 1.54) is 11.3 Å². The van der Waals surface area contributed by atoms with Crippen LogP contribution in [0.4, 0.5) is 10.9 Å². The third-order valence-corrected chi connectivity index (χ3v) is 3.41. The lowest BCUT2D eigenvalue weighted by Crippen LogP contribution is -2.22. The first-order valence-electron chi connectivity index (χ1n) is 6.63. The minimum absolute atomic E-state index is 0.0774. The van der Waals surface area contributed by atoms with Crippen LogP contribution in [0.2, 0.25) is 0 Å². The van der Waals surface area contributed by atoms with Crippen LogP contribution in [-0.2, 0) is 14.3 Å². The Balaban J connectivity index is 1.66. The van der Waals surface area contributed by atoms with Gasteiger partial charge in [-0.1, -0.05) is 0 Å². The van der Waals surface area contributed by atoms with E-state index < -0.39 is 18.5 Å². The minimum Gasteiger partial charge on any atom is -0.456 e. The molecule has 0 bridgehead atoms. The van der Waals surface area contributed by atoms with Gasteiger partial charge in [-0.25, -0.2) is 9.97 Å². The Hall–Kier alpha value is -2.99. The highest BCUT2D eigenvalue weighted by Gasteiger charge is 2.11. The van der Waals surface area contributed by atoms with Gasteiger partial charge in [-0.2, -0.15) is 5.26 Å². The van der Waals surface area contributed by atoms with Crippen molar-refractivity contribution in [3.05, 3.63) is 35.5 Å². The van der Waals surface area contributed by atoms with Crippen LogP contribution in [0.3, 0.4) is 0 Å². The molecule has 0 aliphatic carbocycles. The van der Waals surface area contributed by atoms with Gasteiger partial charge in [0, 0.05) is 18.9 Å². The van der Waals surface area contributed by atoms with Gasteiger partial charge in [0.1, 0.15) is 11.1 Å². The Morgan fingerprint density at radius 3 is 2.87 bits per heavy atom. The molecule has 0 aromatic carbocycles. The number of esters is 1. The molecule has 0 saturated carbocycles. The predicted molar refractivity (Wildman–Crippen MR) is 83.8 cm³/mol. The smallest absolute Gasteiger partial charge is 0.308 e. The molecule has 2 N–H and O–H groups in total. The van der Waals surface area contributed by atoms with Crippen molar-refractivity contribution in [3.63, 3.8) is 0 Å². The molecule has 0 aliphatic heterocycles. The summed E-state index contributed by atoms with van der Waals surface area (Å²) in [5, 5.41) is 16.3. The number of nitrogens with zero attached hydrogens (tertiary/aromatic N) is 3. The second-order valence-corrected chi connectivity index (χ2v) is 5.15. The molecule has 0 radical (unpaired) electrons. The molecule has 2 aromatic rings. The lowest BCUT2D eigenvalue weighted by Gasteiger charge is -2.06. The monoisotopic (exact) mass is 331 g/mol. The lowest BCUT2D eigenvalue weighted by molar-refractivity contribution is -0.147. The van der Waals surface area contributed by atoms with Gasteiger partial charge in [0.15, 0.2) is 6.61 Å². The number of anilines is 2. The third kappa shape index (κ3) is 5.37. The summed E-state index contributed by atoms with van der Waals surface area (Å²) in [6, 6.07) is 5.24. The Bertz CT molecular complexity index is 711. The van der Waals surface area contributed by atoms with Gasteiger partial charge < -0.3 is 15.4 Å². The van der Waals surface area contributed by atoms with Crippen LogP contribution in [0.5, 0.6) is 0 Å². The average Bonchev–Trinajstić information content (AvgIpc) is 3.01. The number of amides is 1. The molecule has 0 spiro atoms. The molecule has 0 aliphatic rings. The summed E-state index contributed by atoms with van der Waals surface area (Å²) in [4.78, 5) is 31.1. The van der Waals surface area contributed by atoms with Gasteiger partial charge in [-0.05, 0) is 17.5 Å². The molecule has 1 amide bonds. The lowest BCUT2D eigenvalue weighted by atomic mass is 10.3. The van der Waals surface area contributed by atoms with Crippen molar-refractivity contribution in [1.82, 2.24) is 9.97 Å². The summed E-state index contributed by atoms with van der Waals surface area (Å²) < 4.78 is 4.85. The molecule has 118 valence electrons. The molecule has 9 heteroatoms. The van der Waals surface area contributed by atoms with E-state index in [1.807, 2.05) is 6.07 Å². The van der Waals surface area contributed by atoms with Gasteiger partial charge in [0.2, 0.25) is 5.95 Å². The molecule has 0 unspecified atom stereocenters. The van der Waals surface area contributed by atoms with E-state index in [1.54, 1.807) is 29.9 Å². The summed E-state index contributed by atoms with van der Waals surface area (Å²) in [5.74, 6) is -0.591. The quantitative estimate of drug-likeness (QED) is 0.736. The number of carbonyl (C=O) groups excluding carboxylic acids is 2. The Kier molecular flexibility index (Phi) is 6.02. The van der Waals surface area contributed by atoms with Crippen LogP contribution >= 0.6 is 11.3 Å². The van der Waals surface area contributed by atoms with E-state index in [2.05, 4.69) is 20.6 Å². The fraction of sp³-hybridized carbons (Fsp3) is 0.214. The van der Waals surface area contributed by atoms with Crippen LogP contribution in [0.1, 0.15) is 12.0 Å². The molecule has 2 aromatic heterocycles. The predicted octanol–water partition coefficient (Wildman–Crippen LogP) is 1.39. The molecule has 23 heavy (non-hydrogen) atoms. The molecular weight excluding hydrogens is 318 g/mol. The number of nitriles is 1. The van der Waals surface area contributed by atoms with Crippen molar-refractivity contribution in [1.29, 1.82) is 5.26 Å². The molecule has 8 nitrogen and oxygen atoms in total. The van der Waals surface area contributed by atoms with Gasteiger partial charge >= 0.3 is 5.97 Å². The highest BCUT2D eigenvalue weighted by Crippen LogP contribution is 2.21. The summed E-state index contributed by atoms with van der Waals surface area (Å²) >= 11 is 1.23. The van der Waals surface area contributed by atoms with Gasteiger partial charge in [0.25, 0.3) is 5.91 Å². The minimum atomic E-state index is -0.518. The van der Waals surface area contributed by atoms with Crippen LogP contribution in [-0.4, -0.2) is 35.0 Å². The molecule has 0 fully saturated rings. The van der Waals surface area contributed by atoms with Crippen molar-refractivity contribution in [2.45, 2.75) is 6.42 Å². The summed E-state index contributed by atoms with van der Waals surface area (Å²) in [6.45, 7) is -0.0998. The van der Waals surface area contributed by atoms with Crippen LogP contribution < -0.4 is 10.6 Å². The maximum absolute atomic E-state index is 11.7. The zero-order valence-electron chi connectivity index (χ0n) is 12.0. The first kappa shape index (κ1) is 16.4. The van der Waals surface area contributed by atoms with Gasteiger partial charge in [-0.15, -0.1) is 11.3 Å². The number of hydrogen-bond donors (Lipinski definition) is 2. The van der Waals surface area contributed by atoms with Crippen LogP contribution in [0.15, 0.2) is 29.9 Å². The van der Waals surface area contributed by atoms with Gasteiger partial charge in [0.05, 0.1) is 12.0 Å². The second kappa shape index (κ2) is 8.45. The Labute approximate surface area is 136 Å². The van der Waals surface area contributed by atoms with Crippen LogP contribution in [0, 0.1) is 11.3 Å². The SMILES string of the molecule is N#Cc1ccsc1NC(=O)COC(=O)CCNc1ncccn1. The number of ether oxygens (including phenoxy) is 1. The number of hydrogen-bond acceptors (Lipinski definition) is 8. The fourth-order valence-corrected chi connectivity index (χ4v) is 2.30. The third-order valence-electron chi connectivity index (χ3n) is 2.58. The van der Waals surface area contributed by atoms with E-state index in [4.69, 9.17) is 10.00 Å². The van der Waals surface area contributed by atoms with Crippen molar-refractivity contribution in [2.75, 3.05) is 23.8 Å². The molecular formula is C14H13N5O3S. The maximum atomic E-state index is 11.7. The van der Waals surface area contributed by atoms with Gasteiger partial charge in [-0.3, -0.25) is 9.59 Å². The van der Waals surface area contributed by atoms with Crippen molar-refractivity contribution >= 4 is 34.2 Å². The van der Waals surface area contributed by atoms with E-state index in [0.29, 0.717) is 23.1 Å². The van der Waals surface area contributed by atoms with Crippen molar-refractivity contribution in [2.24, 2.45) is 0 Å². The summed E-state index contributed by atoms with van der Waals surface area (Å²) in [7, 11) is 0. The largest absolute Gasteiger partial charge is 0.456 e. The average molecular weight is 331 g/mol. The molecule has 2 rings (SSSR count). The van der Waals surface area contributed by atoms with E-state index >= 15 is 0 Å². The molecule has 2 heterocycles. The number of nitrogens with one attached hydrogen (secondary N) is 2. The number of aromatic nitrogens is 2. The standard InChI is InChI=1S/C14H13N5O3S/c15-8-10-3-7-23-13(10)19-11(20)9-22-12(21)2-6-18-14-16-4-1-5-17-14/h1,3-5,7H,2,6,9H2,(H,19,20)(H,16,17,18). The number of rotatable bonds is 7. The number of carbonyl (C=O) groups is 2. The first-order valence-corrected chi connectivity index (χ1v) is 7.51. The normalized spacial score (nSPS) is 9.70. The van der Waals surface area contributed by atoms with E-state index in [-0.39, 0.29) is 6.42 Å². The molecule has 0 atom stereocenters. The highest BCUT2D eigenvalue weighted by atomic mass is 32.1. The Morgan fingerprint density at radius 2 is 2.13 bits per heavy atom. The zero-order chi connectivity index (χ0) is 16.5. The highest BCUT2D eigenvalue weighted by molar-refractivity contribution is 7.14. The zero-order valence-corrected chi connectivity index (χ0v) is 12.8. The number of thiophene rings is 1. The van der Waals surface area contributed by atoms with Crippen molar-refractivity contribution in [3.8, 4) is 6.07 Å². The molecule has 0 saturated heterocycles. The fourth-order valence-electron chi connectivity index (χ4n) is 1.54. The first-order chi connectivity index (χ1) is 11.2. The van der Waals surface area contributed by atoms with Crippen LogP contribution in [0.25, 0.3) is 0 Å². The van der Waals surface area contributed by atoms with Crippen molar-refractivity contribution < 1.29 is 14.3 Å². The second-order valence-electron chi connectivity index (χ2n) is 4.23. The van der Waals surface area contributed by atoms with E-state index in [0.717, 1.165) is 0 Å². The summed E-state index contributed by atoms with van der Waals surface area (Å²) in [6.07, 6.45) is 3.24. The summed E-state index contributed by atoms with van der Waals surface area (Å²) in [5.41, 5.74) is 0.377. The Morgan fingerprint density at radius 1 is 1.35 bits per heavy atom. The maximum Gasteiger partial charge on any atom is 0.308 e.